The van der Waals surface area contributed by atoms with Gasteiger partial charge in [0.15, 0.2) is 5.69 Å². The molecular formula is C19H20N4O3. The molecule has 0 aliphatic heterocycles. The second-order valence-corrected chi connectivity index (χ2v) is 5.86. The molecule has 1 amide bonds. The highest BCUT2D eigenvalue weighted by Crippen LogP contribution is 2.24. The highest BCUT2D eigenvalue weighted by atomic mass is 16.5. The van der Waals surface area contributed by atoms with Crippen LogP contribution in [0.2, 0.25) is 0 Å². The van der Waals surface area contributed by atoms with E-state index in [1.54, 1.807) is 49.9 Å². The summed E-state index contributed by atoms with van der Waals surface area (Å²) in [4.78, 5) is 12.6. The Balaban J connectivity index is 1.88. The number of ether oxygens (including phenoxy) is 1. The van der Waals surface area contributed by atoms with E-state index in [-0.39, 0.29) is 11.6 Å². The zero-order valence-electron chi connectivity index (χ0n) is 14.8. The molecule has 3 aromatic rings. The molecular weight excluding hydrogens is 332 g/mol. The van der Waals surface area contributed by atoms with Gasteiger partial charge in [-0.2, -0.15) is 0 Å². The maximum absolute atomic E-state index is 12.6. The van der Waals surface area contributed by atoms with Gasteiger partial charge in [-0.15, -0.1) is 5.10 Å². The number of aromatic nitrogens is 3. The molecule has 1 aromatic heterocycles. The Hall–Kier alpha value is -3.19. The zero-order valence-corrected chi connectivity index (χ0v) is 14.8. The number of aliphatic hydroxyl groups is 1. The third-order valence-electron chi connectivity index (χ3n) is 4.05. The Morgan fingerprint density at radius 1 is 1.23 bits per heavy atom. The zero-order chi connectivity index (χ0) is 18.7. The Morgan fingerprint density at radius 3 is 2.73 bits per heavy atom. The fourth-order valence-electron chi connectivity index (χ4n) is 2.64. The van der Waals surface area contributed by atoms with E-state index in [1.165, 1.54) is 0 Å². The van der Waals surface area contributed by atoms with Crippen molar-refractivity contribution in [3.8, 4) is 11.4 Å². The number of hydrogen-bond acceptors (Lipinski definition) is 5. The largest absolute Gasteiger partial charge is 0.494 e. The molecule has 0 spiro atoms. The third kappa shape index (κ3) is 3.43. The first-order valence-electron chi connectivity index (χ1n) is 8.16. The van der Waals surface area contributed by atoms with Gasteiger partial charge in [0, 0.05) is 5.69 Å². The van der Waals surface area contributed by atoms with E-state index in [9.17, 15) is 9.90 Å². The Bertz CT molecular complexity index is 934. The molecule has 0 radical (unpaired) electrons. The van der Waals surface area contributed by atoms with E-state index in [0.29, 0.717) is 22.8 Å². The first-order chi connectivity index (χ1) is 12.5. The molecule has 0 bridgehead atoms. The van der Waals surface area contributed by atoms with Crippen molar-refractivity contribution in [3.05, 3.63) is 65.5 Å². The summed E-state index contributed by atoms with van der Waals surface area (Å²) in [5, 5.41) is 20.6. The van der Waals surface area contributed by atoms with Crippen molar-refractivity contribution in [2.24, 2.45) is 0 Å². The van der Waals surface area contributed by atoms with E-state index in [0.717, 1.165) is 5.56 Å². The molecule has 1 atom stereocenters. The number of methoxy groups -OCH3 is 1. The molecule has 0 unspecified atom stereocenters. The minimum Gasteiger partial charge on any atom is -0.494 e. The summed E-state index contributed by atoms with van der Waals surface area (Å²) in [7, 11) is 1.58. The minimum atomic E-state index is -0.611. The van der Waals surface area contributed by atoms with Crippen LogP contribution >= 0.6 is 0 Å². The van der Waals surface area contributed by atoms with Crippen LogP contribution < -0.4 is 10.1 Å². The van der Waals surface area contributed by atoms with E-state index in [1.807, 2.05) is 24.3 Å². The lowest BCUT2D eigenvalue weighted by Gasteiger charge is -2.10. The summed E-state index contributed by atoms with van der Waals surface area (Å²) in [6.07, 6.45) is -0.611. The van der Waals surface area contributed by atoms with Gasteiger partial charge in [-0.05, 0) is 43.7 Å². The smallest absolute Gasteiger partial charge is 0.278 e. The van der Waals surface area contributed by atoms with Crippen LogP contribution in [0.3, 0.4) is 0 Å². The van der Waals surface area contributed by atoms with Gasteiger partial charge in [-0.3, -0.25) is 4.79 Å². The molecule has 0 saturated heterocycles. The molecule has 7 nitrogen and oxygen atoms in total. The molecule has 0 saturated carbocycles. The highest BCUT2D eigenvalue weighted by Gasteiger charge is 2.19. The number of carbonyl (C=O) groups is 1. The van der Waals surface area contributed by atoms with E-state index in [4.69, 9.17) is 4.74 Å². The predicted molar refractivity (Wildman–Crippen MR) is 97.7 cm³/mol. The van der Waals surface area contributed by atoms with Gasteiger partial charge >= 0.3 is 0 Å². The molecule has 0 fully saturated rings. The summed E-state index contributed by atoms with van der Waals surface area (Å²) in [6, 6.07) is 14.4. The van der Waals surface area contributed by atoms with Crippen LogP contribution in [0.5, 0.6) is 5.75 Å². The van der Waals surface area contributed by atoms with Crippen molar-refractivity contribution in [1.82, 2.24) is 15.0 Å². The lowest BCUT2D eigenvalue weighted by atomic mass is 10.1. The van der Waals surface area contributed by atoms with Crippen LogP contribution in [-0.2, 0) is 0 Å². The summed E-state index contributed by atoms with van der Waals surface area (Å²) in [6.45, 7) is 3.44. The summed E-state index contributed by atoms with van der Waals surface area (Å²) >= 11 is 0. The number of carbonyl (C=O) groups excluding carboxylic acids is 1. The van der Waals surface area contributed by atoms with Gasteiger partial charge in [-0.1, -0.05) is 29.5 Å². The minimum absolute atomic E-state index is 0.221. The fraction of sp³-hybridized carbons (Fsp3) is 0.211. The number of para-hydroxylation sites is 2. The number of rotatable bonds is 5. The lowest BCUT2D eigenvalue weighted by Crippen LogP contribution is -2.14. The van der Waals surface area contributed by atoms with Gasteiger partial charge in [0.1, 0.15) is 11.4 Å². The molecule has 2 aromatic carbocycles. The van der Waals surface area contributed by atoms with E-state index >= 15 is 0 Å². The summed E-state index contributed by atoms with van der Waals surface area (Å²) in [5.74, 6) is 0.267. The highest BCUT2D eigenvalue weighted by molar-refractivity contribution is 6.03. The molecule has 26 heavy (non-hydrogen) atoms. The molecule has 134 valence electrons. The van der Waals surface area contributed by atoms with Crippen molar-refractivity contribution < 1.29 is 14.6 Å². The van der Waals surface area contributed by atoms with Gasteiger partial charge in [-0.25, -0.2) is 4.68 Å². The molecule has 1 heterocycles. The number of anilines is 1. The molecule has 7 heteroatoms. The average Bonchev–Trinajstić information content (AvgIpc) is 3.03. The number of amides is 1. The third-order valence-corrected chi connectivity index (χ3v) is 4.05. The standard InChI is InChI=1S/C19H20N4O3/c1-12-18(19(25)20-15-8-6-7-14(11-15)13(2)24)21-22-23(12)16-9-4-5-10-17(16)26-3/h4-11,13,24H,1-3H3,(H,20,25)/t13-/m1/s1. The number of nitrogens with one attached hydrogen (secondary N) is 1. The van der Waals surface area contributed by atoms with Gasteiger partial charge in [0.05, 0.1) is 18.9 Å². The molecule has 3 rings (SSSR count). The molecule has 0 aliphatic carbocycles. The topological polar surface area (TPSA) is 89.3 Å². The van der Waals surface area contributed by atoms with Crippen molar-refractivity contribution >= 4 is 11.6 Å². The van der Waals surface area contributed by atoms with E-state index in [2.05, 4.69) is 15.6 Å². The Morgan fingerprint density at radius 2 is 2.00 bits per heavy atom. The second kappa shape index (κ2) is 7.37. The summed E-state index contributed by atoms with van der Waals surface area (Å²) in [5.41, 5.74) is 2.82. The first kappa shape index (κ1) is 17.6. The number of aliphatic hydroxyl groups excluding tert-OH is 1. The van der Waals surface area contributed by atoms with Crippen LogP contribution in [0, 0.1) is 6.92 Å². The predicted octanol–water partition coefficient (Wildman–Crippen LogP) is 2.89. The maximum Gasteiger partial charge on any atom is 0.278 e. The fourth-order valence-corrected chi connectivity index (χ4v) is 2.64. The van der Waals surface area contributed by atoms with Crippen molar-refractivity contribution in [3.63, 3.8) is 0 Å². The number of hydrogen-bond donors (Lipinski definition) is 2. The Kier molecular flexibility index (Phi) is 4.99. The summed E-state index contributed by atoms with van der Waals surface area (Å²) < 4.78 is 6.91. The van der Waals surface area contributed by atoms with Crippen LogP contribution in [0.15, 0.2) is 48.5 Å². The number of nitrogens with zero attached hydrogens (tertiary/aromatic N) is 3. The quantitative estimate of drug-likeness (QED) is 0.737. The molecule has 0 aliphatic rings. The van der Waals surface area contributed by atoms with Gasteiger partial charge in [0.2, 0.25) is 0 Å². The average molecular weight is 352 g/mol. The van der Waals surface area contributed by atoms with Crippen LogP contribution in [0.1, 0.15) is 34.8 Å². The van der Waals surface area contributed by atoms with Crippen LogP contribution in [-0.4, -0.2) is 33.1 Å². The van der Waals surface area contributed by atoms with Crippen molar-refractivity contribution in [2.45, 2.75) is 20.0 Å². The van der Waals surface area contributed by atoms with Crippen LogP contribution in [0.4, 0.5) is 5.69 Å². The van der Waals surface area contributed by atoms with E-state index < -0.39 is 6.10 Å². The normalized spacial score (nSPS) is 11.8. The van der Waals surface area contributed by atoms with Gasteiger partial charge in [0.25, 0.3) is 5.91 Å². The SMILES string of the molecule is COc1ccccc1-n1nnc(C(=O)Nc2cccc([C@@H](C)O)c2)c1C. The Labute approximate surface area is 151 Å². The molecule has 2 N–H and O–H groups in total. The first-order valence-corrected chi connectivity index (χ1v) is 8.16. The van der Waals surface area contributed by atoms with Crippen LogP contribution in [0.25, 0.3) is 5.69 Å². The number of benzene rings is 2. The second-order valence-electron chi connectivity index (χ2n) is 5.86. The monoisotopic (exact) mass is 352 g/mol. The lowest BCUT2D eigenvalue weighted by molar-refractivity contribution is 0.102. The van der Waals surface area contributed by atoms with Crippen molar-refractivity contribution in [1.29, 1.82) is 0 Å². The maximum atomic E-state index is 12.6. The van der Waals surface area contributed by atoms with Gasteiger partial charge < -0.3 is 15.2 Å². The van der Waals surface area contributed by atoms with Crippen molar-refractivity contribution in [2.75, 3.05) is 12.4 Å².